The molecule has 0 aromatic heterocycles. The van der Waals surface area contributed by atoms with Crippen LogP contribution in [-0.4, -0.2) is 48.3 Å². The van der Waals surface area contributed by atoms with Crippen LogP contribution in [0.15, 0.2) is 54.6 Å². The summed E-state index contributed by atoms with van der Waals surface area (Å²) in [5, 5.41) is 12.9. The van der Waals surface area contributed by atoms with E-state index in [-0.39, 0.29) is 24.8 Å². The van der Waals surface area contributed by atoms with Gasteiger partial charge in [-0.1, -0.05) is 36.4 Å². The van der Waals surface area contributed by atoms with Gasteiger partial charge in [0.1, 0.15) is 24.5 Å². The van der Waals surface area contributed by atoms with Crippen LogP contribution in [0.4, 0.5) is 13.2 Å². The van der Waals surface area contributed by atoms with Crippen molar-refractivity contribution in [3.63, 3.8) is 0 Å². The van der Waals surface area contributed by atoms with Crippen molar-refractivity contribution in [1.29, 1.82) is 0 Å². The van der Waals surface area contributed by atoms with Gasteiger partial charge in [-0.2, -0.15) is 13.2 Å². The van der Waals surface area contributed by atoms with Crippen molar-refractivity contribution in [3.8, 4) is 5.75 Å². The number of nitrogens with zero attached hydrogens (tertiary/aromatic N) is 1. The highest BCUT2D eigenvalue weighted by Gasteiger charge is 2.31. The molecule has 0 aliphatic carbocycles. The summed E-state index contributed by atoms with van der Waals surface area (Å²) in [5.74, 6) is -0.212. The number of likely N-dealkylation sites (tertiary alicyclic amines) is 1. The Morgan fingerprint density at radius 3 is 2.47 bits per heavy atom. The fraction of sp³-hybridized carbons (Fsp3) is 0.409. The molecule has 0 bridgehead atoms. The molecule has 1 amide bonds. The molecule has 2 atom stereocenters. The molecule has 2 unspecified atom stereocenters. The molecule has 162 valence electrons. The van der Waals surface area contributed by atoms with Crippen molar-refractivity contribution in [1.82, 2.24) is 10.2 Å². The smallest absolute Gasteiger partial charge is 0.416 e. The van der Waals surface area contributed by atoms with Crippen molar-refractivity contribution in [2.45, 2.75) is 31.2 Å². The lowest BCUT2D eigenvalue weighted by molar-refractivity contribution is -0.137. The molecule has 0 saturated carbocycles. The van der Waals surface area contributed by atoms with Gasteiger partial charge in [-0.3, -0.25) is 9.69 Å². The molecule has 2 aromatic carbocycles. The quantitative estimate of drug-likeness (QED) is 0.685. The second-order valence-electron chi connectivity index (χ2n) is 7.29. The minimum absolute atomic E-state index is 0.00873. The molecular formula is C22H25F3N2O3. The van der Waals surface area contributed by atoms with Crippen LogP contribution in [0.1, 0.15) is 30.0 Å². The Morgan fingerprint density at radius 2 is 1.80 bits per heavy atom. The van der Waals surface area contributed by atoms with Crippen LogP contribution in [0.5, 0.6) is 5.75 Å². The molecule has 1 fully saturated rings. The molecule has 1 saturated heterocycles. The third-order valence-electron chi connectivity index (χ3n) is 4.99. The Morgan fingerprint density at radius 1 is 1.10 bits per heavy atom. The lowest BCUT2D eigenvalue weighted by Gasteiger charge is -2.27. The van der Waals surface area contributed by atoms with Gasteiger partial charge in [-0.15, -0.1) is 0 Å². The highest BCUT2D eigenvalue weighted by Crippen LogP contribution is 2.31. The molecule has 30 heavy (non-hydrogen) atoms. The normalized spacial score (nSPS) is 16.8. The first kappa shape index (κ1) is 22.1. The fourth-order valence-electron chi connectivity index (χ4n) is 3.49. The van der Waals surface area contributed by atoms with Gasteiger partial charge in [0.15, 0.2) is 0 Å². The zero-order chi connectivity index (χ0) is 21.6. The summed E-state index contributed by atoms with van der Waals surface area (Å²) in [5.41, 5.74) is 0.0608. The molecule has 0 spiro atoms. The number of nitrogens with one attached hydrogen (secondary N) is 1. The summed E-state index contributed by atoms with van der Waals surface area (Å²) in [7, 11) is 0. The molecule has 0 radical (unpaired) electrons. The van der Waals surface area contributed by atoms with Gasteiger partial charge in [0.2, 0.25) is 5.91 Å². The highest BCUT2D eigenvalue weighted by atomic mass is 19.4. The van der Waals surface area contributed by atoms with Crippen LogP contribution in [0.25, 0.3) is 0 Å². The second kappa shape index (κ2) is 9.95. The van der Waals surface area contributed by atoms with Crippen LogP contribution >= 0.6 is 0 Å². The van der Waals surface area contributed by atoms with Crippen molar-refractivity contribution in [3.05, 3.63) is 65.7 Å². The number of rotatable bonds is 8. The molecule has 2 N–H and O–H groups in total. The number of alkyl halides is 3. The molecule has 1 heterocycles. The van der Waals surface area contributed by atoms with E-state index in [2.05, 4.69) is 10.2 Å². The lowest BCUT2D eigenvalue weighted by atomic mass is 10.0. The molecule has 5 nitrogen and oxygen atoms in total. The number of aliphatic hydroxyl groups is 1. The minimum atomic E-state index is -4.46. The molecule has 1 aliphatic heterocycles. The summed E-state index contributed by atoms with van der Waals surface area (Å²) >= 11 is 0. The molecule has 3 rings (SSSR count). The summed E-state index contributed by atoms with van der Waals surface area (Å²) in [4.78, 5) is 14.9. The zero-order valence-corrected chi connectivity index (χ0v) is 16.4. The van der Waals surface area contributed by atoms with Crippen molar-refractivity contribution in [2.24, 2.45) is 0 Å². The maximum absolute atomic E-state index is 12.8. The molecule has 1 aliphatic rings. The Balaban J connectivity index is 1.54. The third kappa shape index (κ3) is 5.96. The largest absolute Gasteiger partial charge is 0.491 e. The van der Waals surface area contributed by atoms with Crippen LogP contribution in [0, 0.1) is 0 Å². The van der Waals surface area contributed by atoms with Crippen molar-refractivity contribution < 1.29 is 27.8 Å². The number of halogens is 3. The second-order valence-corrected chi connectivity index (χ2v) is 7.29. The van der Waals surface area contributed by atoms with Gasteiger partial charge in [0.25, 0.3) is 0 Å². The predicted molar refractivity (Wildman–Crippen MR) is 106 cm³/mol. The SMILES string of the molecule is O=C(NCC(O)COc1cccc(C(F)(F)F)c1)C(c1ccccc1)N1CCCC1. The summed E-state index contributed by atoms with van der Waals surface area (Å²) in [6.07, 6.45) is -3.46. The molecule has 8 heteroatoms. The van der Waals surface area contributed by atoms with Gasteiger partial charge >= 0.3 is 6.18 Å². The summed E-state index contributed by atoms with van der Waals surface area (Å²) in [6, 6.07) is 13.5. The zero-order valence-electron chi connectivity index (χ0n) is 16.4. The number of hydrogen-bond donors (Lipinski definition) is 2. The van der Waals surface area contributed by atoms with Crippen LogP contribution in [0.3, 0.4) is 0 Å². The summed E-state index contributed by atoms with van der Waals surface area (Å²) < 4.78 is 43.6. The van der Waals surface area contributed by atoms with E-state index < -0.39 is 23.9 Å². The van der Waals surface area contributed by atoms with Crippen LogP contribution in [-0.2, 0) is 11.0 Å². The topological polar surface area (TPSA) is 61.8 Å². The number of carbonyl (C=O) groups excluding carboxylic acids is 1. The highest BCUT2D eigenvalue weighted by molar-refractivity contribution is 5.83. The first-order valence-corrected chi connectivity index (χ1v) is 9.89. The monoisotopic (exact) mass is 422 g/mol. The van der Waals surface area contributed by atoms with Gasteiger partial charge < -0.3 is 15.2 Å². The van der Waals surface area contributed by atoms with Gasteiger partial charge in [-0.25, -0.2) is 0 Å². The van der Waals surface area contributed by atoms with E-state index in [0.717, 1.165) is 43.6 Å². The number of ether oxygens (including phenoxy) is 1. The first-order chi connectivity index (χ1) is 14.3. The first-order valence-electron chi connectivity index (χ1n) is 9.89. The van der Waals surface area contributed by atoms with E-state index in [1.807, 2.05) is 30.3 Å². The van der Waals surface area contributed by atoms with E-state index in [9.17, 15) is 23.1 Å². The average Bonchev–Trinajstić information content (AvgIpc) is 3.25. The van der Waals surface area contributed by atoms with Crippen LogP contribution in [0.2, 0.25) is 0 Å². The lowest BCUT2D eigenvalue weighted by Crippen LogP contribution is -2.43. The maximum Gasteiger partial charge on any atom is 0.416 e. The maximum atomic E-state index is 12.8. The van der Waals surface area contributed by atoms with Crippen molar-refractivity contribution >= 4 is 5.91 Å². The van der Waals surface area contributed by atoms with Gasteiger partial charge in [0.05, 0.1) is 5.56 Å². The van der Waals surface area contributed by atoms with E-state index in [0.29, 0.717) is 0 Å². The van der Waals surface area contributed by atoms with E-state index in [4.69, 9.17) is 4.74 Å². The number of amides is 1. The van der Waals surface area contributed by atoms with Crippen LogP contribution < -0.4 is 10.1 Å². The minimum Gasteiger partial charge on any atom is -0.491 e. The number of carbonyl (C=O) groups is 1. The Kier molecular flexibility index (Phi) is 7.33. The number of aliphatic hydroxyl groups excluding tert-OH is 1. The van der Waals surface area contributed by atoms with E-state index >= 15 is 0 Å². The van der Waals surface area contributed by atoms with E-state index in [1.54, 1.807) is 0 Å². The third-order valence-corrected chi connectivity index (χ3v) is 4.99. The van der Waals surface area contributed by atoms with Gasteiger partial charge in [-0.05, 0) is 49.7 Å². The van der Waals surface area contributed by atoms with E-state index in [1.165, 1.54) is 12.1 Å². The Hall–Kier alpha value is -2.58. The summed E-state index contributed by atoms with van der Waals surface area (Å²) in [6.45, 7) is 1.36. The fourth-order valence-corrected chi connectivity index (χ4v) is 3.49. The average molecular weight is 422 g/mol. The van der Waals surface area contributed by atoms with Crippen molar-refractivity contribution in [2.75, 3.05) is 26.2 Å². The number of benzene rings is 2. The Bertz CT molecular complexity index is 824. The predicted octanol–water partition coefficient (Wildman–Crippen LogP) is 3.40. The molecular weight excluding hydrogens is 397 g/mol. The molecule has 2 aromatic rings. The standard InChI is InChI=1S/C22H25F3N2O3/c23-22(24,25)17-9-6-10-19(13-17)30-15-18(28)14-26-21(29)20(27-11-4-5-12-27)16-7-2-1-3-8-16/h1-3,6-10,13,18,20,28H,4-5,11-12,14-15H2,(H,26,29). The number of hydrogen-bond acceptors (Lipinski definition) is 4. The Labute approximate surface area is 173 Å². The van der Waals surface area contributed by atoms with Gasteiger partial charge in [0, 0.05) is 6.54 Å².